The van der Waals surface area contributed by atoms with Crippen LogP contribution in [0.4, 0.5) is 0 Å². The fourth-order valence-corrected chi connectivity index (χ4v) is 2.51. The van der Waals surface area contributed by atoms with Crippen molar-refractivity contribution in [1.29, 1.82) is 0 Å². The predicted molar refractivity (Wildman–Crippen MR) is 87.8 cm³/mol. The molecule has 4 nitrogen and oxygen atoms in total. The van der Waals surface area contributed by atoms with Crippen molar-refractivity contribution in [3.63, 3.8) is 0 Å². The van der Waals surface area contributed by atoms with Crippen LogP contribution in [0.25, 0.3) is 10.9 Å². The minimum absolute atomic E-state index is 0.0718. The molecule has 1 N–H and O–H groups in total. The molecule has 0 fully saturated rings. The number of amides is 1. The van der Waals surface area contributed by atoms with E-state index in [0.717, 1.165) is 22.0 Å². The Balaban J connectivity index is 1.85. The number of hydrogen-bond donors (Lipinski definition) is 1. The molecule has 0 unspecified atom stereocenters. The zero-order chi connectivity index (χ0) is 15.7. The molecule has 2 aromatic carbocycles. The standard InChI is InChI=1S/C18H19N3O/c1-12-4-7-14(8-5-12)11-21(3)18(22)17-15-10-13(2)6-9-16(15)19-20-17/h4-10H,11H2,1-3H3,(H,19,20). The summed E-state index contributed by atoms with van der Waals surface area (Å²) < 4.78 is 0. The molecule has 0 aliphatic heterocycles. The van der Waals surface area contributed by atoms with E-state index in [1.165, 1.54) is 5.56 Å². The minimum Gasteiger partial charge on any atom is -0.336 e. The van der Waals surface area contributed by atoms with Crippen LogP contribution in [0.5, 0.6) is 0 Å². The lowest BCUT2D eigenvalue weighted by molar-refractivity contribution is 0.0781. The van der Waals surface area contributed by atoms with Gasteiger partial charge < -0.3 is 4.90 Å². The Labute approximate surface area is 129 Å². The topological polar surface area (TPSA) is 49.0 Å². The van der Waals surface area contributed by atoms with Crippen LogP contribution in [-0.2, 0) is 6.54 Å². The number of aromatic amines is 1. The highest BCUT2D eigenvalue weighted by Gasteiger charge is 2.18. The molecule has 22 heavy (non-hydrogen) atoms. The molecule has 0 bridgehead atoms. The van der Waals surface area contributed by atoms with Crippen LogP contribution in [0.2, 0.25) is 0 Å². The largest absolute Gasteiger partial charge is 0.336 e. The Morgan fingerprint density at radius 3 is 2.50 bits per heavy atom. The van der Waals surface area contributed by atoms with Crippen molar-refractivity contribution >= 4 is 16.8 Å². The van der Waals surface area contributed by atoms with Gasteiger partial charge in [0.15, 0.2) is 5.69 Å². The van der Waals surface area contributed by atoms with Crippen molar-refractivity contribution in [3.05, 3.63) is 64.8 Å². The summed E-state index contributed by atoms with van der Waals surface area (Å²) in [5.74, 6) is -0.0718. The summed E-state index contributed by atoms with van der Waals surface area (Å²) in [4.78, 5) is 14.3. The van der Waals surface area contributed by atoms with Gasteiger partial charge in [-0.2, -0.15) is 5.10 Å². The van der Waals surface area contributed by atoms with E-state index in [9.17, 15) is 4.79 Å². The van der Waals surface area contributed by atoms with Gasteiger partial charge in [0.2, 0.25) is 0 Å². The maximum absolute atomic E-state index is 12.6. The minimum atomic E-state index is -0.0718. The third-order valence-electron chi connectivity index (χ3n) is 3.81. The Morgan fingerprint density at radius 2 is 1.77 bits per heavy atom. The number of rotatable bonds is 3. The van der Waals surface area contributed by atoms with Gasteiger partial charge in [-0.3, -0.25) is 9.89 Å². The SMILES string of the molecule is Cc1ccc(CN(C)C(=O)c2n[nH]c3ccc(C)cc23)cc1. The number of fused-ring (bicyclic) bond motifs is 1. The van der Waals surface area contributed by atoms with Gasteiger partial charge in [0, 0.05) is 19.0 Å². The smallest absolute Gasteiger partial charge is 0.275 e. The van der Waals surface area contributed by atoms with Crippen molar-refractivity contribution in [1.82, 2.24) is 15.1 Å². The fourth-order valence-electron chi connectivity index (χ4n) is 2.51. The molecular formula is C18H19N3O. The Bertz CT molecular complexity index is 818. The van der Waals surface area contributed by atoms with E-state index in [-0.39, 0.29) is 5.91 Å². The van der Waals surface area contributed by atoms with Crippen molar-refractivity contribution in [2.45, 2.75) is 20.4 Å². The average molecular weight is 293 g/mol. The summed E-state index contributed by atoms with van der Waals surface area (Å²) >= 11 is 0. The number of H-pyrrole nitrogens is 1. The molecule has 4 heteroatoms. The number of benzene rings is 2. The van der Waals surface area contributed by atoms with Crippen molar-refractivity contribution in [2.75, 3.05) is 7.05 Å². The molecule has 0 saturated heterocycles. The number of aryl methyl sites for hydroxylation is 2. The van der Waals surface area contributed by atoms with Gasteiger partial charge in [-0.25, -0.2) is 0 Å². The van der Waals surface area contributed by atoms with Crippen LogP contribution in [-0.4, -0.2) is 28.1 Å². The van der Waals surface area contributed by atoms with E-state index >= 15 is 0 Å². The van der Waals surface area contributed by atoms with Gasteiger partial charge in [0.25, 0.3) is 5.91 Å². The monoisotopic (exact) mass is 293 g/mol. The van der Waals surface area contributed by atoms with E-state index in [0.29, 0.717) is 12.2 Å². The van der Waals surface area contributed by atoms with Crippen molar-refractivity contribution < 1.29 is 4.79 Å². The van der Waals surface area contributed by atoms with Gasteiger partial charge in [0.1, 0.15) is 0 Å². The second-order valence-corrected chi connectivity index (χ2v) is 5.77. The maximum Gasteiger partial charge on any atom is 0.275 e. The predicted octanol–water partition coefficient (Wildman–Crippen LogP) is 3.45. The normalized spacial score (nSPS) is 10.9. The first-order valence-electron chi connectivity index (χ1n) is 7.30. The number of nitrogens with one attached hydrogen (secondary N) is 1. The van der Waals surface area contributed by atoms with Gasteiger partial charge >= 0.3 is 0 Å². The Morgan fingerprint density at radius 1 is 1.09 bits per heavy atom. The van der Waals surface area contributed by atoms with Crippen LogP contribution < -0.4 is 0 Å². The van der Waals surface area contributed by atoms with Gasteiger partial charge in [0.05, 0.1) is 5.52 Å². The number of carbonyl (C=O) groups is 1. The summed E-state index contributed by atoms with van der Waals surface area (Å²) in [6, 6.07) is 14.2. The fraction of sp³-hybridized carbons (Fsp3) is 0.222. The first-order chi connectivity index (χ1) is 10.5. The molecule has 3 aromatic rings. The molecule has 1 heterocycles. The molecule has 0 aliphatic rings. The summed E-state index contributed by atoms with van der Waals surface area (Å²) in [7, 11) is 1.80. The lowest BCUT2D eigenvalue weighted by Gasteiger charge is -2.16. The van der Waals surface area contributed by atoms with E-state index in [4.69, 9.17) is 0 Å². The van der Waals surface area contributed by atoms with Crippen LogP contribution >= 0.6 is 0 Å². The Hall–Kier alpha value is -2.62. The summed E-state index contributed by atoms with van der Waals surface area (Å²) in [6.07, 6.45) is 0. The lowest BCUT2D eigenvalue weighted by atomic mass is 10.1. The molecule has 1 amide bonds. The molecule has 0 saturated carbocycles. The molecule has 0 aliphatic carbocycles. The van der Waals surface area contributed by atoms with Gasteiger partial charge in [-0.05, 0) is 31.5 Å². The van der Waals surface area contributed by atoms with E-state index in [1.807, 2.05) is 37.3 Å². The van der Waals surface area contributed by atoms with Crippen LogP contribution in [0, 0.1) is 13.8 Å². The van der Waals surface area contributed by atoms with Crippen molar-refractivity contribution in [2.24, 2.45) is 0 Å². The zero-order valence-electron chi connectivity index (χ0n) is 13.1. The maximum atomic E-state index is 12.6. The molecular weight excluding hydrogens is 274 g/mol. The van der Waals surface area contributed by atoms with E-state index < -0.39 is 0 Å². The first-order valence-corrected chi connectivity index (χ1v) is 7.30. The molecule has 3 rings (SSSR count). The molecule has 112 valence electrons. The highest BCUT2D eigenvalue weighted by molar-refractivity contribution is 6.04. The summed E-state index contributed by atoms with van der Waals surface area (Å²) in [5, 5.41) is 8.00. The summed E-state index contributed by atoms with van der Waals surface area (Å²) in [6.45, 7) is 4.63. The third kappa shape index (κ3) is 2.72. The van der Waals surface area contributed by atoms with E-state index in [2.05, 4.69) is 29.3 Å². The Kier molecular flexibility index (Phi) is 3.67. The second-order valence-electron chi connectivity index (χ2n) is 5.77. The molecule has 1 aromatic heterocycles. The first kappa shape index (κ1) is 14.3. The zero-order valence-corrected chi connectivity index (χ0v) is 13.1. The molecule has 0 atom stereocenters. The van der Waals surface area contributed by atoms with Gasteiger partial charge in [-0.15, -0.1) is 0 Å². The van der Waals surface area contributed by atoms with Crippen LogP contribution in [0.15, 0.2) is 42.5 Å². The third-order valence-corrected chi connectivity index (χ3v) is 3.81. The highest BCUT2D eigenvalue weighted by atomic mass is 16.2. The average Bonchev–Trinajstić information content (AvgIpc) is 2.91. The molecule has 0 spiro atoms. The number of hydrogen-bond acceptors (Lipinski definition) is 2. The number of nitrogens with zero attached hydrogens (tertiary/aromatic N) is 2. The quantitative estimate of drug-likeness (QED) is 0.804. The molecule has 0 radical (unpaired) electrons. The van der Waals surface area contributed by atoms with Crippen molar-refractivity contribution in [3.8, 4) is 0 Å². The highest BCUT2D eigenvalue weighted by Crippen LogP contribution is 2.19. The van der Waals surface area contributed by atoms with Gasteiger partial charge in [-0.1, -0.05) is 41.5 Å². The number of aromatic nitrogens is 2. The second kappa shape index (κ2) is 5.64. The van der Waals surface area contributed by atoms with Crippen LogP contribution in [0.1, 0.15) is 27.2 Å². The van der Waals surface area contributed by atoms with Crippen LogP contribution in [0.3, 0.4) is 0 Å². The summed E-state index contributed by atoms with van der Waals surface area (Å²) in [5.41, 5.74) is 4.80. The number of carbonyl (C=O) groups excluding carboxylic acids is 1. The van der Waals surface area contributed by atoms with E-state index in [1.54, 1.807) is 11.9 Å². The lowest BCUT2D eigenvalue weighted by Crippen LogP contribution is -2.26.